The molecule has 2 aliphatic rings. The van der Waals surface area contributed by atoms with Gasteiger partial charge in [-0.25, -0.2) is 0 Å². The van der Waals surface area contributed by atoms with Gasteiger partial charge in [0.1, 0.15) is 5.54 Å². The molecule has 2 aliphatic carbocycles. The van der Waals surface area contributed by atoms with Crippen molar-refractivity contribution in [3.63, 3.8) is 0 Å². The average molecular weight is 264 g/mol. The van der Waals surface area contributed by atoms with Gasteiger partial charge in [-0.15, -0.1) is 0 Å². The maximum atomic E-state index is 9.59. The predicted molar refractivity (Wildman–Crippen MR) is 76.8 cm³/mol. The lowest BCUT2D eigenvalue weighted by atomic mass is 9.85. The largest absolute Gasteiger partial charge is 0.378 e. The Hall–Kier alpha value is -0.590. The molecule has 0 aliphatic heterocycles. The van der Waals surface area contributed by atoms with Crippen molar-refractivity contribution in [2.24, 2.45) is 5.92 Å². The van der Waals surface area contributed by atoms with Crippen LogP contribution in [-0.4, -0.2) is 24.3 Å². The zero-order valence-corrected chi connectivity index (χ0v) is 12.5. The summed E-state index contributed by atoms with van der Waals surface area (Å²) in [5.74, 6) is 0.460. The highest BCUT2D eigenvalue weighted by Crippen LogP contribution is 2.38. The lowest BCUT2D eigenvalue weighted by molar-refractivity contribution is 0.0447. The summed E-state index contributed by atoms with van der Waals surface area (Å²) >= 11 is 0. The molecule has 2 atom stereocenters. The Kier molecular flexibility index (Phi) is 5.24. The monoisotopic (exact) mass is 264 g/mol. The fraction of sp³-hybridized carbons (Fsp3) is 0.938. The fourth-order valence-electron chi connectivity index (χ4n) is 3.79. The molecule has 3 heteroatoms. The summed E-state index contributed by atoms with van der Waals surface area (Å²) in [6.45, 7) is 5.09. The van der Waals surface area contributed by atoms with Gasteiger partial charge in [0, 0.05) is 12.6 Å². The highest BCUT2D eigenvalue weighted by atomic mass is 16.5. The maximum absolute atomic E-state index is 9.59. The van der Waals surface area contributed by atoms with Gasteiger partial charge in [-0.1, -0.05) is 19.3 Å². The lowest BCUT2D eigenvalue weighted by Crippen LogP contribution is -2.50. The van der Waals surface area contributed by atoms with Gasteiger partial charge in [0.05, 0.1) is 12.2 Å². The Morgan fingerprint density at radius 2 is 2.00 bits per heavy atom. The third-order valence-electron chi connectivity index (χ3n) is 4.69. The standard InChI is InChI=1S/C16H28N2O/c1-13(2)18-16(12-17)10-5-6-14(16)9-11-19-15-7-3-4-8-15/h13-15,18H,3-11H2,1-2H3. The van der Waals surface area contributed by atoms with Crippen molar-refractivity contribution in [2.45, 2.75) is 82.9 Å². The Bertz CT molecular complexity index is 317. The van der Waals surface area contributed by atoms with E-state index in [1.165, 1.54) is 38.5 Å². The molecule has 2 fully saturated rings. The van der Waals surface area contributed by atoms with Crippen LogP contribution in [0, 0.1) is 17.2 Å². The molecule has 0 heterocycles. The van der Waals surface area contributed by atoms with Gasteiger partial charge in [-0.3, -0.25) is 5.32 Å². The molecule has 0 aromatic rings. The Morgan fingerprint density at radius 1 is 1.26 bits per heavy atom. The van der Waals surface area contributed by atoms with Crippen molar-refractivity contribution in [3.05, 3.63) is 0 Å². The van der Waals surface area contributed by atoms with E-state index in [4.69, 9.17) is 4.74 Å². The SMILES string of the molecule is CC(C)NC1(C#N)CCCC1CCOC1CCCC1. The molecule has 1 N–H and O–H groups in total. The van der Waals surface area contributed by atoms with Crippen LogP contribution in [0.2, 0.25) is 0 Å². The Balaban J connectivity index is 1.81. The second kappa shape index (κ2) is 6.72. The summed E-state index contributed by atoms with van der Waals surface area (Å²) in [4.78, 5) is 0. The van der Waals surface area contributed by atoms with E-state index in [2.05, 4.69) is 25.2 Å². The zero-order chi connectivity index (χ0) is 13.7. The van der Waals surface area contributed by atoms with Crippen molar-refractivity contribution < 1.29 is 4.74 Å². The fourth-order valence-corrected chi connectivity index (χ4v) is 3.79. The van der Waals surface area contributed by atoms with Gasteiger partial charge in [0.2, 0.25) is 0 Å². The summed E-state index contributed by atoms with van der Waals surface area (Å²) in [7, 11) is 0. The molecule has 0 amide bonds. The second-order valence-electron chi connectivity index (χ2n) is 6.54. The van der Waals surface area contributed by atoms with Gasteiger partial charge < -0.3 is 4.74 Å². The minimum Gasteiger partial charge on any atom is -0.378 e. The number of rotatable bonds is 6. The molecular formula is C16H28N2O. The molecule has 0 aromatic carbocycles. The first-order chi connectivity index (χ1) is 9.16. The van der Waals surface area contributed by atoms with Crippen molar-refractivity contribution in [1.29, 1.82) is 5.26 Å². The number of nitrogens with zero attached hydrogens (tertiary/aromatic N) is 1. The van der Waals surface area contributed by atoms with Crippen LogP contribution in [0.25, 0.3) is 0 Å². The zero-order valence-electron chi connectivity index (χ0n) is 12.5. The summed E-state index contributed by atoms with van der Waals surface area (Å²) in [5.41, 5.74) is -0.298. The average Bonchev–Trinajstić information content (AvgIpc) is 3.00. The summed E-state index contributed by atoms with van der Waals surface area (Å²) in [6.07, 6.45) is 9.98. The number of ether oxygens (including phenoxy) is 1. The quantitative estimate of drug-likeness (QED) is 0.799. The molecule has 3 nitrogen and oxygen atoms in total. The van der Waals surface area contributed by atoms with Gasteiger partial charge in [0.25, 0.3) is 0 Å². The van der Waals surface area contributed by atoms with E-state index >= 15 is 0 Å². The molecule has 2 rings (SSSR count). The van der Waals surface area contributed by atoms with E-state index in [0.29, 0.717) is 18.1 Å². The van der Waals surface area contributed by atoms with Crippen LogP contribution in [0.5, 0.6) is 0 Å². The molecule has 2 unspecified atom stereocenters. The normalized spacial score (nSPS) is 32.0. The van der Waals surface area contributed by atoms with Crippen molar-refractivity contribution in [2.75, 3.05) is 6.61 Å². The Labute approximate surface area is 117 Å². The summed E-state index contributed by atoms with van der Waals surface area (Å²) in [5, 5.41) is 13.1. The van der Waals surface area contributed by atoms with Crippen LogP contribution in [0.4, 0.5) is 0 Å². The van der Waals surface area contributed by atoms with Crippen LogP contribution >= 0.6 is 0 Å². The molecule has 0 radical (unpaired) electrons. The predicted octanol–water partition coefficient (Wildman–Crippen LogP) is 3.40. The Morgan fingerprint density at radius 3 is 2.63 bits per heavy atom. The molecular weight excluding hydrogens is 236 g/mol. The van der Waals surface area contributed by atoms with Crippen LogP contribution in [0.15, 0.2) is 0 Å². The third-order valence-corrected chi connectivity index (χ3v) is 4.69. The minimum absolute atomic E-state index is 0.298. The first-order valence-electron chi connectivity index (χ1n) is 7.97. The second-order valence-corrected chi connectivity index (χ2v) is 6.54. The highest BCUT2D eigenvalue weighted by molar-refractivity contribution is 5.14. The summed E-state index contributed by atoms with van der Waals surface area (Å²) < 4.78 is 5.97. The van der Waals surface area contributed by atoms with Crippen molar-refractivity contribution >= 4 is 0 Å². The highest BCUT2D eigenvalue weighted by Gasteiger charge is 2.43. The van der Waals surface area contributed by atoms with E-state index < -0.39 is 0 Å². The maximum Gasteiger partial charge on any atom is 0.109 e. The van der Waals surface area contributed by atoms with Gasteiger partial charge >= 0.3 is 0 Å². The van der Waals surface area contributed by atoms with E-state index in [1.807, 2.05) is 0 Å². The van der Waals surface area contributed by atoms with Crippen molar-refractivity contribution in [1.82, 2.24) is 5.32 Å². The molecule has 108 valence electrons. The van der Waals surface area contributed by atoms with E-state index in [0.717, 1.165) is 19.4 Å². The van der Waals surface area contributed by atoms with Crippen LogP contribution < -0.4 is 5.32 Å². The van der Waals surface area contributed by atoms with Gasteiger partial charge in [-0.2, -0.15) is 5.26 Å². The molecule has 2 saturated carbocycles. The number of hydrogen-bond donors (Lipinski definition) is 1. The molecule has 0 spiro atoms. The molecule has 0 aromatic heterocycles. The third kappa shape index (κ3) is 3.70. The first kappa shape index (κ1) is 14.8. The smallest absolute Gasteiger partial charge is 0.109 e. The van der Waals surface area contributed by atoms with E-state index in [-0.39, 0.29) is 5.54 Å². The minimum atomic E-state index is -0.298. The first-order valence-corrected chi connectivity index (χ1v) is 7.97. The van der Waals surface area contributed by atoms with Gasteiger partial charge in [-0.05, 0) is 51.9 Å². The number of nitrogens with one attached hydrogen (secondary N) is 1. The van der Waals surface area contributed by atoms with Gasteiger partial charge in [0.15, 0.2) is 0 Å². The molecule has 0 bridgehead atoms. The lowest BCUT2D eigenvalue weighted by Gasteiger charge is -2.32. The molecule has 19 heavy (non-hydrogen) atoms. The summed E-state index contributed by atoms with van der Waals surface area (Å²) in [6, 6.07) is 2.94. The van der Waals surface area contributed by atoms with Crippen LogP contribution in [0.1, 0.15) is 65.2 Å². The number of nitriles is 1. The van der Waals surface area contributed by atoms with E-state index in [9.17, 15) is 5.26 Å². The van der Waals surface area contributed by atoms with E-state index in [1.54, 1.807) is 0 Å². The molecule has 0 saturated heterocycles. The van der Waals surface area contributed by atoms with Crippen molar-refractivity contribution in [3.8, 4) is 6.07 Å². The number of hydrogen-bond acceptors (Lipinski definition) is 3. The topological polar surface area (TPSA) is 45.0 Å². The van der Waals surface area contributed by atoms with Crippen LogP contribution in [0.3, 0.4) is 0 Å². The van der Waals surface area contributed by atoms with Crippen LogP contribution in [-0.2, 0) is 4.74 Å².